The van der Waals surface area contributed by atoms with Gasteiger partial charge in [-0.05, 0) is 37.1 Å². The van der Waals surface area contributed by atoms with E-state index in [4.69, 9.17) is 5.11 Å². The number of hydrogen-bond acceptors (Lipinski definition) is 4. The average molecular weight is 314 g/mol. The van der Waals surface area contributed by atoms with E-state index in [1.54, 1.807) is 13.0 Å². The number of carboxylic acids is 1. The van der Waals surface area contributed by atoms with Gasteiger partial charge in [-0.3, -0.25) is 0 Å². The summed E-state index contributed by atoms with van der Waals surface area (Å²) in [7, 11) is -3.03. The Morgan fingerprint density at radius 1 is 1.29 bits per heavy atom. The van der Waals surface area contributed by atoms with Gasteiger partial charge in [0.15, 0.2) is 0 Å². The Bertz CT molecular complexity index is 640. The monoisotopic (exact) mass is 314 g/mol. The molecular formula is C13H18N2O5S. The quantitative estimate of drug-likeness (QED) is 0.684. The number of carboxylic acid groups (broad SMARTS) is 1. The van der Waals surface area contributed by atoms with Crippen molar-refractivity contribution in [3.63, 3.8) is 0 Å². The van der Waals surface area contributed by atoms with Crippen molar-refractivity contribution >= 4 is 27.5 Å². The van der Waals surface area contributed by atoms with E-state index in [9.17, 15) is 18.0 Å². The van der Waals surface area contributed by atoms with Crippen LogP contribution in [0.1, 0.15) is 22.3 Å². The van der Waals surface area contributed by atoms with Crippen LogP contribution in [0.2, 0.25) is 0 Å². The molecule has 0 radical (unpaired) electrons. The zero-order chi connectivity index (χ0) is 16.0. The first-order valence-electron chi connectivity index (χ1n) is 6.25. The number of urea groups is 1. The van der Waals surface area contributed by atoms with Crippen molar-refractivity contribution in [2.75, 3.05) is 23.9 Å². The van der Waals surface area contributed by atoms with Crippen LogP contribution in [0.3, 0.4) is 0 Å². The normalized spacial score (nSPS) is 11.0. The number of anilines is 1. The molecule has 0 aliphatic carbocycles. The van der Waals surface area contributed by atoms with E-state index in [1.807, 2.05) is 0 Å². The minimum atomic E-state index is -3.03. The van der Waals surface area contributed by atoms with E-state index >= 15 is 0 Å². The molecule has 21 heavy (non-hydrogen) atoms. The van der Waals surface area contributed by atoms with E-state index < -0.39 is 21.8 Å². The summed E-state index contributed by atoms with van der Waals surface area (Å²) in [5, 5.41) is 14.0. The summed E-state index contributed by atoms with van der Waals surface area (Å²) in [5.41, 5.74) is 1.18. The first-order valence-corrected chi connectivity index (χ1v) is 8.31. The minimum Gasteiger partial charge on any atom is -0.478 e. The number of rotatable bonds is 6. The van der Waals surface area contributed by atoms with Crippen molar-refractivity contribution in [1.82, 2.24) is 5.32 Å². The van der Waals surface area contributed by atoms with Gasteiger partial charge in [0.05, 0.1) is 11.3 Å². The Balaban J connectivity index is 2.48. The van der Waals surface area contributed by atoms with Gasteiger partial charge in [-0.15, -0.1) is 0 Å². The molecule has 1 aromatic rings. The van der Waals surface area contributed by atoms with E-state index in [1.165, 1.54) is 12.1 Å². The fraction of sp³-hybridized carbons (Fsp3) is 0.385. The number of hydrogen-bond donors (Lipinski definition) is 3. The van der Waals surface area contributed by atoms with Crippen LogP contribution < -0.4 is 10.6 Å². The molecule has 7 nitrogen and oxygen atoms in total. The van der Waals surface area contributed by atoms with Crippen LogP contribution in [0.4, 0.5) is 10.5 Å². The molecule has 0 saturated carbocycles. The van der Waals surface area contributed by atoms with Crippen LogP contribution in [0.25, 0.3) is 0 Å². The van der Waals surface area contributed by atoms with Crippen molar-refractivity contribution in [3.8, 4) is 0 Å². The zero-order valence-electron chi connectivity index (χ0n) is 11.8. The lowest BCUT2D eigenvalue weighted by Gasteiger charge is -2.09. The molecule has 0 atom stereocenters. The topological polar surface area (TPSA) is 113 Å². The molecule has 0 aliphatic rings. The molecule has 0 spiro atoms. The molecule has 0 bridgehead atoms. The third kappa shape index (κ3) is 6.26. The maximum absolute atomic E-state index is 11.6. The lowest BCUT2D eigenvalue weighted by Crippen LogP contribution is -2.30. The SMILES string of the molecule is Cc1cc(NC(=O)NCCCS(C)(=O)=O)ccc1C(=O)O. The fourth-order valence-corrected chi connectivity index (χ4v) is 2.36. The molecule has 0 fully saturated rings. The van der Waals surface area contributed by atoms with Gasteiger partial charge >= 0.3 is 12.0 Å². The highest BCUT2D eigenvalue weighted by atomic mass is 32.2. The van der Waals surface area contributed by atoms with Crippen LogP contribution in [-0.2, 0) is 9.84 Å². The maximum Gasteiger partial charge on any atom is 0.335 e. The van der Waals surface area contributed by atoms with E-state index in [0.29, 0.717) is 17.7 Å². The third-order valence-corrected chi connectivity index (χ3v) is 3.72. The summed E-state index contributed by atoms with van der Waals surface area (Å²) in [4.78, 5) is 22.4. The second-order valence-electron chi connectivity index (χ2n) is 4.70. The fourth-order valence-electron chi connectivity index (χ4n) is 1.69. The van der Waals surface area contributed by atoms with Crippen molar-refractivity contribution in [2.24, 2.45) is 0 Å². The van der Waals surface area contributed by atoms with Crippen molar-refractivity contribution in [2.45, 2.75) is 13.3 Å². The molecular weight excluding hydrogens is 296 g/mol. The lowest BCUT2D eigenvalue weighted by atomic mass is 10.1. The Hall–Kier alpha value is -2.09. The van der Waals surface area contributed by atoms with Gasteiger partial charge in [0, 0.05) is 18.5 Å². The van der Waals surface area contributed by atoms with Gasteiger partial charge < -0.3 is 15.7 Å². The Morgan fingerprint density at radius 3 is 2.48 bits per heavy atom. The smallest absolute Gasteiger partial charge is 0.335 e. The van der Waals surface area contributed by atoms with E-state index in [0.717, 1.165) is 6.26 Å². The van der Waals surface area contributed by atoms with Crippen molar-refractivity contribution < 1.29 is 23.1 Å². The van der Waals surface area contributed by atoms with Gasteiger partial charge in [-0.1, -0.05) is 0 Å². The summed E-state index contributed by atoms with van der Waals surface area (Å²) in [6.45, 7) is 1.88. The summed E-state index contributed by atoms with van der Waals surface area (Å²) in [5.74, 6) is -1.01. The summed E-state index contributed by atoms with van der Waals surface area (Å²) in [6, 6.07) is 3.99. The Morgan fingerprint density at radius 2 is 1.95 bits per heavy atom. The van der Waals surface area contributed by atoms with Crippen LogP contribution in [0.15, 0.2) is 18.2 Å². The van der Waals surface area contributed by atoms with Crippen molar-refractivity contribution in [3.05, 3.63) is 29.3 Å². The maximum atomic E-state index is 11.6. The molecule has 116 valence electrons. The Kier molecular flexibility index (Phi) is 5.71. The van der Waals surface area contributed by atoms with Crippen LogP contribution in [-0.4, -0.2) is 44.1 Å². The molecule has 0 saturated heterocycles. The van der Waals surface area contributed by atoms with Crippen LogP contribution in [0, 0.1) is 6.92 Å². The number of aromatic carboxylic acids is 1. The number of benzene rings is 1. The summed E-state index contributed by atoms with van der Waals surface area (Å²) in [6.07, 6.45) is 1.48. The number of carbonyl (C=O) groups excluding carboxylic acids is 1. The van der Waals surface area contributed by atoms with Gasteiger partial charge in [-0.25, -0.2) is 18.0 Å². The highest BCUT2D eigenvalue weighted by Crippen LogP contribution is 2.15. The van der Waals surface area contributed by atoms with E-state index in [2.05, 4.69) is 10.6 Å². The highest BCUT2D eigenvalue weighted by molar-refractivity contribution is 7.90. The lowest BCUT2D eigenvalue weighted by molar-refractivity contribution is 0.0696. The van der Waals surface area contributed by atoms with Gasteiger partial charge in [0.2, 0.25) is 0 Å². The largest absolute Gasteiger partial charge is 0.478 e. The molecule has 0 aromatic heterocycles. The zero-order valence-corrected chi connectivity index (χ0v) is 12.7. The first-order chi connectivity index (χ1) is 9.69. The molecule has 1 rings (SSSR count). The number of nitrogens with one attached hydrogen (secondary N) is 2. The summed E-state index contributed by atoms with van der Waals surface area (Å²) < 4.78 is 21.8. The molecule has 1 aromatic carbocycles. The molecule has 0 unspecified atom stereocenters. The first kappa shape index (κ1) is 17.0. The van der Waals surface area contributed by atoms with Crippen LogP contribution >= 0.6 is 0 Å². The number of sulfone groups is 1. The standard InChI is InChI=1S/C13H18N2O5S/c1-9-8-10(4-5-11(9)12(16)17)15-13(18)14-6-3-7-21(2,19)20/h4-5,8H,3,6-7H2,1-2H3,(H,16,17)(H2,14,15,18). The predicted octanol–water partition coefficient (Wildman–Crippen LogP) is 1.25. The average Bonchev–Trinajstić information content (AvgIpc) is 2.33. The van der Waals surface area contributed by atoms with Crippen LogP contribution in [0.5, 0.6) is 0 Å². The molecule has 3 N–H and O–H groups in total. The molecule has 2 amide bonds. The van der Waals surface area contributed by atoms with Gasteiger partial charge in [0.25, 0.3) is 0 Å². The highest BCUT2D eigenvalue weighted by Gasteiger charge is 2.09. The minimum absolute atomic E-state index is 0.0136. The second-order valence-corrected chi connectivity index (χ2v) is 6.96. The second kappa shape index (κ2) is 7.07. The summed E-state index contributed by atoms with van der Waals surface area (Å²) >= 11 is 0. The predicted molar refractivity (Wildman–Crippen MR) is 79.5 cm³/mol. The number of amides is 2. The molecule has 0 aliphatic heterocycles. The van der Waals surface area contributed by atoms with Gasteiger partial charge in [-0.2, -0.15) is 0 Å². The number of carbonyl (C=O) groups is 2. The third-order valence-electron chi connectivity index (χ3n) is 2.69. The van der Waals surface area contributed by atoms with Gasteiger partial charge in [0.1, 0.15) is 9.84 Å². The molecule has 0 heterocycles. The number of aryl methyl sites for hydroxylation is 1. The van der Waals surface area contributed by atoms with Crippen molar-refractivity contribution in [1.29, 1.82) is 0 Å². The molecule has 8 heteroatoms. The Labute approximate surface area is 123 Å². The van der Waals surface area contributed by atoms with E-state index in [-0.39, 0.29) is 17.9 Å².